The van der Waals surface area contributed by atoms with Crippen molar-refractivity contribution >= 4 is 17.5 Å². The molecule has 0 saturated heterocycles. The number of rotatable bonds is 3. The summed E-state index contributed by atoms with van der Waals surface area (Å²) in [6.45, 7) is 1.49. The first-order valence-electron chi connectivity index (χ1n) is 7.88. The standard InChI is InChI=1S/C18H17ClF2N2O2/c1-10-4-5-13(20)11(15(10)19)9-23-17(25)18(21)7-6-14(24)16-12(18)3-2-8-22-16/h2-5,8,14,24H,6-7,9H2,1H3,(H,23,25)/t14-,18-/m0/s1. The van der Waals surface area contributed by atoms with Crippen molar-refractivity contribution in [2.75, 3.05) is 0 Å². The van der Waals surface area contributed by atoms with Crippen molar-refractivity contribution < 1.29 is 18.7 Å². The molecule has 1 aromatic heterocycles. The lowest BCUT2D eigenvalue weighted by Crippen LogP contribution is -2.44. The summed E-state index contributed by atoms with van der Waals surface area (Å²) >= 11 is 6.07. The van der Waals surface area contributed by atoms with Crippen LogP contribution in [-0.2, 0) is 17.0 Å². The number of amides is 1. The van der Waals surface area contributed by atoms with Crippen molar-refractivity contribution in [3.05, 3.63) is 63.7 Å². The molecule has 25 heavy (non-hydrogen) atoms. The quantitative estimate of drug-likeness (QED) is 0.874. The van der Waals surface area contributed by atoms with Crippen LogP contribution in [0.15, 0.2) is 30.5 Å². The summed E-state index contributed by atoms with van der Waals surface area (Å²) < 4.78 is 29.4. The molecule has 2 atom stereocenters. The number of pyridine rings is 1. The summed E-state index contributed by atoms with van der Waals surface area (Å²) in [7, 11) is 0. The predicted molar refractivity (Wildman–Crippen MR) is 89.2 cm³/mol. The van der Waals surface area contributed by atoms with Crippen LogP contribution in [0.1, 0.15) is 41.3 Å². The fourth-order valence-electron chi connectivity index (χ4n) is 3.05. The van der Waals surface area contributed by atoms with Gasteiger partial charge >= 0.3 is 0 Å². The van der Waals surface area contributed by atoms with E-state index in [1.165, 1.54) is 30.5 Å². The second kappa shape index (κ2) is 6.69. The number of benzene rings is 1. The molecule has 0 fully saturated rings. The number of carbonyl (C=O) groups is 1. The van der Waals surface area contributed by atoms with Crippen molar-refractivity contribution in [2.24, 2.45) is 0 Å². The number of halogens is 3. The number of nitrogens with one attached hydrogen (secondary N) is 1. The average molecular weight is 367 g/mol. The van der Waals surface area contributed by atoms with E-state index in [0.717, 1.165) is 0 Å². The number of carbonyl (C=O) groups excluding carboxylic acids is 1. The number of hydrogen-bond donors (Lipinski definition) is 2. The maximum absolute atomic E-state index is 15.4. The Bertz CT molecular complexity index is 831. The van der Waals surface area contributed by atoms with Gasteiger partial charge in [-0.1, -0.05) is 23.7 Å². The summed E-state index contributed by atoms with van der Waals surface area (Å²) in [4.78, 5) is 16.5. The minimum absolute atomic E-state index is 0.0436. The monoisotopic (exact) mass is 366 g/mol. The van der Waals surface area contributed by atoms with Crippen molar-refractivity contribution in [1.29, 1.82) is 0 Å². The van der Waals surface area contributed by atoms with Crippen LogP contribution < -0.4 is 5.32 Å². The Labute approximate surface area is 148 Å². The number of nitrogens with zero attached hydrogens (tertiary/aromatic N) is 1. The first-order valence-corrected chi connectivity index (χ1v) is 8.26. The highest BCUT2D eigenvalue weighted by Gasteiger charge is 2.46. The van der Waals surface area contributed by atoms with Crippen LogP contribution in [0, 0.1) is 12.7 Å². The van der Waals surface area contributed by atoms with E-state index in [1.807, 2.05) is 0 Å². The molecule has 0 radical (unpaired) electrons. The molecule has 1 amide bonds. The van der Waals surface area contributed by atoms with E-state index < -0.39 is 23.5 Å². The molecule has 0 saturated carbocycles. The molecule has 2 N–H and O–H groups in total. The Balaban J connectivity index is 1.85. The van der Waals surface area contributed by atoms with Gasteiger partial charge in [0.25, 0.3) is 5.91 Å². The molecule has 4 nitrogen and oxygen atoms in total. The molecule has 2 aromatic rings. The lowest BCUT2D eigenvalue weighted by atomic mass is 9.81. The Morgan fingerprint density at radius 3 is 3.00 bits per heavy atom. The molecule has 0 spiro atoms. The van der Waals surface area contributed by atoms with Crippen molar-refractivity contribution in [3.63, 3.8) is 0 Å². The van der Waals surface area contributed by atoms with E-state index in [1.54, 1.807) is 6.92 Å². The van der Waals surface area contributed by atoms with Gasteiger partial charge in [0, 0.05) is 23.9 Å². The zero-order valence-corrected chi connectivity index (χ0v) is 14.3. The molecule has 0 bridgehead atoms. The second-order valence-electron chi connectivity index (χ2n) is 6.13. The number of hydrogen-bond acceptors (Lipinski definition) is 3. The van der Waals surface area contributed by atoms with Gasteiger partial charge in [0.05, 0.1) is 16.8 Å². The molecular formula is C18H17ClF2N2O2. The molecule has 3 rings (SSSR count). The number of fused-ring (bicyclic) bond motifs is 1. The van der Waals surface area contributed by atoms with Crippen LogP contribution in [0.5, 0.6) is 0 Å². The van der Waals surface area contributed by atoms with Crippen LogP contribution in [0.3, 0.4) is 0 Å². The SMILES string of the molecule is Cc1ccc(F)c(CNC(=O)[C@]2(F)CC[C@H](O)c3ncccc32)c1Cl. The highest BCUT2D eigenvalue weighted by molar-refractivity contribution is 6.32. The highest BCUT2D eigenvalue weighted by Crippen LogP contribution is 2.42. The third-order valence-electron chi connectivity index (χ3n) is 4.51. The minimum Gasteiger partial charge on any atom is -0.387 e. The molecule has 132 valence electrons. The smallest absolute Gasteiger partial charge is 0.262 e. The van der Waals surface area contributed by atoms with E-state index in [9.17, 15) is 14.3 Å². The second-order valence-corrected chi connectivity index (χ2v) is 6.51. The van der Waals surface area contributed by atoms with E-state index in [4.69, 9.17) is 11.6 Å². The van der Waals surface area contributed by atoms with Gasteiger partial charge in [0.1, 0.15) is 5.82 Å². The summed E-state index contributed by atoms with van der Waals surface area (Å²) in [5, 5.41) is 12.6. The lowest BCUT2D eigenvalue weighted by molar-refractivity contribution is -0.135. The molecular weight excluding hydrogens is 350 g/mol. The Hall–Kier alpha value is -2.05. The molecule has 7 heteroatoms. The van der Waals surface area contributed by atoms with Crippen LogP contribution >= 0.6 is 11.6 Å². The van der Waals surface area contributed by atoms with Crippen LogP contribution in [0.4, 0.5) is 8.78 Å². The van der Waals surface area contributed by atoms with E-state index in [2.05, 4.69) is 10.3 Å². The maximum Gasteiger partial charge on any atom is 0.262 e. The Morgan fingerprint density at radius 1 is 1.48 bits per heavy atom. The van der Waals surface area contributed by atoms with Crippen molar-refractivity contribution in [3.8, 4) is 0 Å². The minimum atomic E-state index is -2.32. The molecule has 0 unspecified atom stereocenters. The van der Waals surface area contributed by atoms with Crippen LogP contribution in [-0.4, -0.2) is 16.0 Å². The van der Waals surface area contributed by atoms with Gasteiger partial charge in [-0.2, -0.15) is 0 Å². The van der Waals surface area contributed by atoms with Gasteiger partial charge < -0.3 is 10.4 Å². The number of aryl methyl sites for hydroxylation is 1. The topological polar surface area (TPSA) is 62.2 Å². The fraction of sp³-hybridized carbons (Fsp3) is 0.333. The Kier molecular flexibility index (Phi) is 4.75. The third kappa shape index (κ3) is 3.12. The van der Waals surface area contributed by atoms with Gasteiger partial charge in [-0.05, 0) is 37.5 Å². The number of alkyl halides is 1. The largest absolute Gasteiger partial charge is 0.387 e. The zero-order valence-electron chi connectivity index (χ0n) is 13.5. The van der Waals surface area contributed by atoms with Gasteiger partial charge in [-0.25, -0.2) is 8.78 Å². The molecule has 1 aliphatic carbocycles. The number of aliphatic hydroxyl groups is 1. The van der Waals surface area contributed by atoms with E-state index in [0.29, 0.717) is 5.56 Å². The predicted octanol–water partition coefficient (Wildman–Crippen LogP) is 3.49. The van der Waals surface area contributed by atoms with Gasteiger partial charge in [0.15, 0.2) is 0 Å². The first kappa shape index (κ1) is 17.8. The van der Waals surface area contributed by atoms with Gasteiger partial charge in [-0.3, -0.25) is 9.78 Å². The van der Waals surface area contributed by atoms with Crippen LogP contribution in [0.25, 0.3) is 0 Å². The number of aromatic nitrogens is 1. The van der Waals surface area contributed by atoms with Gasteiger partial charge in [-0.15, -0.1) is 0 Å². The summed E-state index contributed by atoms with van der Waals surface area (Å²) in [5.74, 6) is -1.46. The third-order valence-corrected chi connectivity index (χ3v) is 5.03. The van der Waals surface area contributed by atoms with Crippen molar-refractivity contribution in [1.82, 2.24) is 10.3 Å². The lowest BCUT2D eigenvalue weighted by Gasteiger charge is -2.32. The zero-order chi connectivity index (χ0) is 18.2. The van der Waals surface area contributed by atoms with E-state index >= 15 is 4.39 Å². The maximum atomic E-state index is 15.4. The normalized spacial score (nSPS) is 22.4. The Morgan fingerprint density at radius 2 is 2.24 bits per heavy atom. The summed E-state index contributed by atoms with van der Waals surface area (Å²) in [6.07, 6.45) is 0.431. The first-order chi connectivity index (χ1) is 11.8. The molecule has 1 heterocycles. The van der Waals surface area contributed by atoms with Crippen molar-refractivity contribution in [2.45, 2.75) is 38.1 Å². The molecule has 0 aliphatic heterocycles. The number of aliphatic hydroxyl groups excluding tert-OH is 1. The van der Waals surface area contributed by atoms with Crippen LogP contribution in [0.2, 0.25) is 5.02 Å². The average Bonchev–Trinajstić information content (AvgIpc) is 2.61. The molecule has 1 aliphatic rings. The highest BCUT2D eigenvalue weighted by atomic mass is 35.5. The van der Waals surface area contributed by atoms with Gasteiger partial charge in [0.2, 0.25) is 5.67 Å². The molecule has 1 aromatic carbocycles. The summed E-state index contributed by atoms with van der Waals surface area (Å²) in [5.41, 5.74) is -1.35. The van der Waals surface area contributed by atoms with E-state index in [-0.39, 0.29) is 41.2 Å². The summed E-state index contributed by atoms with van der Waals surface area (Å²) in [6, 6.07) is 5.73. The fourth-order valence-corrected chi connectivity index (χ4v) is 3.27.